The van der Waals surface area contributed by atoms with Gasteiger partial charge in [-0.2, -0.15) is 4.98 Å². The molecule has 2 aromatic rings. The van der Waals surface area contributed by atoms with Crippen molar-refractivity contribution in [3.8, 4) is 0 Å². The summed E-state index contributed by atoms with van der Waals surface area (Å²) in [6.45, 7) is 3.07. The van der Waals surface area contributed by atoms with Crippen molar-refractivity contribution in [1.29, 1.82) is 0 Å². The van der Waals surface area contributed by atoms with Gasteiger partial charge < -0.3 is 19.5 Å². The van der Waals surface area contributed by atoms with Crippen LogP contribution in [0.25, 0.3) is 0 Å². The van der Waals surface area contributed by atoms with Crippen LogP contribution in [0.15, 0.2) is 22.7 Å². The van der Waals surface area contributed by atoms with Crippen molar-refractivity contribution in [3.63, 3.8) is 0 Å². The fourth-order valence-electron chi connectivity index (χ4n) is 3.10. The number of aromatic nitrogens is 2. The third-order valence-electron chi connectivity index (χ3n) is 4.52. The maximum Gasteiger partial charge on any atom is 0.322 e. The molecule has 1 atom stereocenters. The molecule has 0 saturated carbocycles. The van der Waals surface area contributed by atoms with Crippen molar-refractivity contribution in [2.45, 2.75) is 38.6 Å². The maximum atomic E-state index is 12.9. The number of likely N-dealkylation sites (tertiary alicyclic amines) is 1. The molecule has 1 aliphatic rings. The van der Waals surface area contributed by atoms with E-state index in [-0.39, 0.29) is 12.1 Å². The quantitative estimate of drug-likeness (QED) is 0.851. The summed E-state index contributed by atoms with van der Waals surface area (Å²) in [4.78, 5) is 19.1. The predicted molar refractivity (Wildman–Crippen MR) is 98.4 cm³/mol. The summed E-state index contributed by atoms with van der Waals surface area (Å²) in [5, 5.41) is 7.44. The molecule has 7 nitrogen and oxygen atoms in total. The lowest BCUT2D eigenvalue weighted by atomic mass is 10.0. The number of nitrogens with one attached hydrogen (secondary N) is 1. The molecule has 2 heterocycles. The van der Waals surface area contributed by atoms with E-state index in [9.17, 15) is 4.79 Å². The Bertz CT molecular complexity index is 744. The van der Waals surface area contributed by atoms with Crippen LogP contribution in [0, 0.1) is 6.92 Å². The summed E-state index contributed by atoms with van der Waals surface area (Å²) in [5.41, 5.74) is 1.55. The number of hydrogen-bond acceptors (Lipinski definition) is 5. The summed E-state index contributed by atoms with van der Waals surface area (Å²) < 4.78 is 10.5. The molecule has 8 heteroatoms. The summed E-state index contributed by atoms with van der Waals surface area (Å²) >= 11 is 6.23. The molecule has 1 unspecified atom stereocenters. The Hall–Kier alpha value is -2.12. The number of ether oxygens (including phenoxy) is 1. The molecule has 3 rings (SSSR count). The van der Waals surface area contributed by atoms with Crippen molar-refractivity contribution in [1.82, 2.24) is 15.0 Å². The first kappa shape index (κ1) is 18.7. The minimum atomic E-state index is -0.227. The van der Waals surface area contributed by atoms with Gasteiger partial charge in [0.05, 0.1) is 17.3 Å². The molecule has 0 aliphatic carbocycles. The van der Waals surface area contributed by atoms with Gasteiger partial charge in [-0.3, -0.25) is 0 Å². The summed E-state index contributed by atoms with van der Waals surface area (Å²) in [7, 11) is 1.63. The lowest BCUT2D eigenvalue weighted by Gasteiger charge is -2.33. The number of methoxy groups -OCH3 is 1. The lowest BCUT2D eigenvalue weighted by Crippen LogP contribution is -2.41. The second-order valence-electron chi connectivity index (χ2n) is 6.36. The molecule has 26 heavy (non-hydrogen) atoms. The number of benzene rings is 1. The Kier molecular flexibility index (Phi) is 6.11. The highest BCUT2D eigenvalue weighted by atomic mass is 35.5. The average molecular weight is 379 g/mol. The zero-order chi connectivity index (χ0) is 18.5. The Labute approximate surface area is 157 Å². The van der Waals surface area contributed by atoms with Crippen LogP contribution in [0.3, 0.4) is 0 Å². The number of carbonyl (C=O) groups excluding carboxylic acids is 1. The van der Waals surface area contributed by atoms with E-state index in [0.717, 1.165) is 24.8 Å². The van der Waals surface area contributed by atoms with E-state index in [1.165, 1.54) is 0 Å². The highest BCUT2D eigenvalue weighted by Gasteiger charge is 2.32. The number of halogens is 1. The first-order valence-corrected chi connectivity index (χ1v) is 9.12. The van der Waals surface area contributed by atoms with Crippen molar-refractivity contribution in [3.05, 3.63) is 40.5 Å². The largest absolute Gasteiger partial charge is 0.384 e. The molecule has 2 amide bonds. The summed E-state index contributed by atoms with van der Waals surface area (Å²) in [6, 6.07) is 5.10. The molecule has 1 N–H and O–H groups in total. The number of nitrogens with zero attached hydrogens (tertiary/aromatic N) is 3. The van der Waals surface area contributed by atoms with E-state index in [0.29, 0.717) is 42.0 Å². The number of hydrogen-bond donors (Lipinski definition) is 1. The number of para-hydroxylation sites is 1. The Balaban J connectivity index is 1.76. The maximum absolute atomic E-state index is 12.9. The van der Waals surface area contributed by atoms with E-state index in [1.807, 2.05) is 19.1 Å². The van der Waals surface area contributed by atoms with Crippen molar-refractivity contribution in [2.75, 3.05) is 25.6 Å². The second-order valence-corrected chi connectivity index (χ2v) is 6.77. The van der Waals surface area contributed by atoms with E-state index in [4.69, 9.17) is 20.9 Å². The van der Waals surface area contributed by atoms with Crippen LogP contribution in [0.5, 0.6) is 0 Å². The van der Waals surface area contributed by atoms with E-state index >= 15 is 0 Å². The van der Waals surface area contributed by atoms with Crippen LogP contribution in [0.2, 0.25) is 5.02 Å². The smallest absolute Gasteiger partial charge is 0.322 e. The molecule has 0 radical (unpaired) electrons. The second kappa shape index (κ2) is 8.51. The van der Waals surface area contributed by atoms with Crippen LogP contribution >= 0.6 is 11.6 Å². The van der Waals surface area contributed by atoms with Crippen LogP contribution in [-0.4, -0.2) is 41.3 Å². The zero-order valence-electron chi connectivity index (χ0n) is 15.0. The Morgan fingerprint density at radius 1 is 1.46 bits per heavy atom. The van der Waals surface area contributed by atoms with Crippen molar-refractivity contribution < 1.29 is 14.1 Å². The number of urea groups is 1. The summed E-state index contributed by atoms with van der Waals surface area (Å²) in [5.74, 6) is 1.07. The molecule has 1 fully saturated rings. The number of piperidine rings is 1. The highest BCUT2D eigenvalue weighted by molar-refractivity contribution is 6.33. The standard InChI is InChI=1S/C18H23ClN4O3/c1-12-6-5-7-13(19)16(12)21-18(24)23-10-4-3-8-14(23)17-20-15(22-26-17)9-11-25-2/h5-7,14H,3-4,8-11H2,1-2H3,(H,21,24). The molecular weight excluding hydrogens is 356 g/mol. The van der Waals surface area contributed by atoms with Gasteiger partial charge in [0.25, 0.3) is 0 Å². The fourth-order valence-corrected chi connectivity index (χ4v) is 3.37. The van der Waals surface area contributed by atoms with Gasteiger partial charge >= 0.3 is 6.03 Å². The average Bonchev–Trinajstić information content (AvgIpc) is 3.12. The topological polar surface area (TPSA) is 80.5 Å². The molecular formula is C18H23ClN4O3. The fraction of sp³-hybridized carbons (Fsp3) is 0.500. The molecule has 0 spiro atoms. The first-order chi connectivity index (χ1) is 12.6. The van der Waals surface area contributed by atoms with Gasteiger partial charge in [-0.15, -0.1) is 0 Å². The zero-order valence-corrected chi connectivity index (χ0v) is 15.8. The monoisotopic (exact) mass is 378 g/mol. The van der Waals surface area contributed by atoms with Gasteiger partial charge in [0.2, 0.25) is 5.89 Å². The number of anilines is 1. The Morgan fingerprint density at radius 2 is 2.31 bits per heavy atom. The van der Waals surface area contributed by atoms with Crippen LogP contribution < -0.4 is 5.32 Å². The Morgan fingerprint density at radius 3 is 3.08 bits per heavy atom. The molecule has 0 bridgehead atoms. The minimum Gasteiger partial charge on any atom is -0.384 e. The van der Waals surface area contributed by atoms with Crippen LogP contribution in [-0.2, 0) is 11.2 Å². The van der Waals surface area contributed by atoms with Gasteiger partial charge in [0.1, 0.15) is 6.04 Å². The van der Waals surface area contributed by atoms with Crippen molar-refractivity contribution >= 4 is 23.3 Å². The molecule has 1 saturated heterocycles. The van der Waals surface area contributed by atoms with Gasteiger partial charge in [-0.05, 0) is 37.8 Å². The van der Waals surface area contributed by atoms with Gasteiger partial charge in [-0.1, -0.05) is 28.9 Å². The van der Waals surface area contributed by atoms with Crippen molar-refractivity contribution in [2.24, 2.45) is 0 Å². The molecule has 140 valence electrons. The highest BCUT2D eigenvalue weighted by Crippen LogP contribution is 2.32. The lowest BCUT2D eigenvalue weighted by molar-refractivity contribution is 0.142. The van der Waals surface area contributed by atoms with Gasteiger partial charge in [0.15, 0.2) is 5.82 Å². The predicted octanol–water partition coefficient (Wildman–Crippen LogP) is 3.98. The molecule has 1 aromatic carbocycles. The normalized spacial score (nSPS) is 17.3. The number of rotatable bonds is 5. The van der Waals surface area contributed by atoms with Crippen LogP contribution in [0.4, 0.5) is 10.5 Å². The summed E-state index contributed by atoms with van der Waals surface area (Å²) in [6.07, 6.45) is 3.32. The minimum absolute atomic E-state index is 0.206. The third kappa shape index (κ3) is 4.16. The SMILES string of the molecule is COCCc1noc(C2CCCCN2C(=O)Nc2c(C)cccc2Cl)n1. The van der Waals surface area contributed by atoms with Gasteiger partial charge in [0, 0.05) is 20.1 Å². The molecule has 1 aliphatic heterocycles. The van der Waals surface area contributed by atoms with E-state index in [1.54, 1.807) is 18.1 Å². The molecule has 1 aromatic heterocycles. The van der Waals surface area contributed by atoms with E-state index in [2.05, 4.69) is 15.5 Å². The van der Waals surface area contributed by atoms with E-state index < -0.39 is 0 Å². The van der Waals surface area contributed by atoms with Crippen LogP contribution in [0.1, 0.15) is 42.6 Å². The number of aryl methyl sites for hydroxylation is 1. The first-order valence-electron chi connectivity index (χ1n) is 8.74. The van der Waals surface area contributed by atoms with Gasteiger partial charge in [-0.25, -0.2) is 4.79 Å². The number of carbonyl (C=O) groups is 1. The third-order valence-corrected chi connectivity index (χ3v) is 4.83. The number of amides is 2.